The monoisotopic (exact) mass is 442 g/mol. The van der Waals surface area contributed by atoms with Gasteiger partial charge in [0, 0.05) is 26.7 Å². The van der Waals surface area contributed by atoms with E-state index in [0.717, 1.165) is 21.2 Å². The van der Waals surface area contributed by atoms with E-state index in [-0.39, 0.29) is 11.6 Å². The second kappa shape index (κ2) is 10.3. The summed E-state index contributed by atoms with van der Waals surface area (Å²) >= 11 is 3.34. The predicted octanol–water partition coefficient (Wildman–Crippen LogP) is 6.60. The summed E-state index contributed by atoms with van der Waals surface area (Å²) in [6.07, 6.45) is 0. The van der Waals surface area contributed by atoms with Gasteiger partial charge in [-0.25, -0.2) is 0 Å². The van der Waals surface area contributed by atoms with Crippen molar-refractivity contribution in [2.75, 3.05) is 0 Å². The van der Waals surface area contributed by atoms with Gasteiger partial charge in [0.15, 0.2) is 11.6 Å². The summed E-state index contributed by atoms with van der Waals surface area (Å²) in [5, 5.41) is 0. The number of rotatable bonds is 4. The van der Waals surface area contributed by atoms with Crippen molar-refractivity contribution in [3.05, 3.63) is 142 Å². The summed E-state index contributed by atoms with van der Waals surface area (Å²) in [5.41, 5.74) is 2.90. The van der Waals surface area contributed by atoms with Crippen LogP contribution in [0.1, 0.15) is 31.8 Å². The number of carbonyl (C=O) groups excluding carboxylic acids is 2. The summed E-state index contributed by atoms with van der Waals surface area (Å²) in [7, 11) is 0. The molecule has 0 fully saturated rings. The van der Waals surface area contributed by atoms with Gasteiger partial charge in [0.05, 0.1) is 0 Å². The average Bonchev–Trinajstić information content (AvgIpc) is 2.81. The third-order valence-corrected chi connectivity index (χ3v) is 4.74. The molecule has 4 aromatic rings. The minimum Gasteiger partial charge on any atom is -0.289 e. The molecule has 0 bridgehead atoms. The van der Waals surface area contributed by atoms with Crippen molar-refractivity contribution in [3.63, 3.8) is 0 Å². The van der Waals surface area contributed by atoms with Crippen molar-refractivity contribution < 1.29 is 9.59 Å². The molecule has 2 nitrogen and oxygen atoms in total. The van der Waals surface area contributed by atoms with E-state index in [1.54, 1.807) is 0 Å². The summed E-state index contributed by atoms with van der Waals surface area (Å²) in [6, 6.07) is 35.3. The molecule has 4 rings (SSSR count). The molecule has 0 saturated heterocycles. The van der Waals surface area contributed by atoms with Crippen LogP contribution in [-0.4, -0.2) is 11.6 Å². The van der Waals surface area contributed by atoms with Crippen LogP contribution in [0.5, 0.6) is 0 Å². The first-order valence-electron chi connectivity index (χ1n) is 9.15. The van der Waals surface area contributed by atoms with Gasteiger partial charge in [0.2, 0.25) is 0 Å². The van der Waals surface area contributed by atoms with Crippen LogP contribution in [0.4, 0.5) is 0 Å². The van der Waals surface area contributed by atoms with Gasteiger partial charge in [-0.15, -0.1) is 0 Å². The largest absolute Gasteiger partial charge is 0.289 e. The lowest BCUT2D eigenvalue weighted by atomic mass is 10.0. The fraction of sp³-hybridized carbons (Fsp3) is 0. The molecule has 0 amide bonds. The van der Waals surface area contributed by atoms with E-state index < -0.39 is 0 Å². The predicted molar refractivity (Wildman–Crippen MR) is 120 cm³/mol. The van der Waals surface area contributed by atoms with Gasteiger partial charge in [0.25, 0.3) is 0 Å². The van der Waals surface area contributed by atoms with Gasteiger partial charge in [-0.1, -0.05) is 107 Å². The number of hydrogen-bond acceptors (Lipinski definition) is 2. The van der Waals surface area contributed by atoms with E-state index in [2.05, 4.69) is 15.9 Å². The van der Waals surface area contributed by atoms with E-state index in [9.17, 15) is 9.59 Å². The average molecular weight is 443 g/mol. The molecule has 0 aliphatic heterocycles. The molecule has 0 saturated carbocycles. The molecule has 0 aromatic heterocycles. The molecule has 0 radical (unpaired) electrons. The third kappa shape index (κ3) is 5.84. The fourth-order valence-corrected chi connectivity index (χ4v) is 2.97. The van der Waals surface area contributed by atoms with E-state index in [1.807, 2.05) is 115 Å². The van der Waals surface area contributed by atoms with Crippen LogP contribution in [-0.2, 0) is 0 Å². The second-order valence-corrected chi connectivity index (χ2v) is 7.18. The standard InChI is InChI=1S/C13H9BrO.C13H10O/c14-12-8-6-11(7-9-12)13(15)10-4-2-1-3-5-10;14-13(11-7-3-1-4-8-11)12-9-5-2-6-10-12/h1-9H;1-10H. The highest BCUT2D eigenvalue weighted by Gasteiger charge is 2.07. The topological polar surface area (TPSA) is 34.1 Å². The SMILES string of the molecule is O=C(c1ccccc1)c1ccc(Br)cc1.O=C(c1ccccc1)c1ccccc1. The summed E-state index contributed by atoms with van der Waals surface area (Å²) < 4.78 is 0.979. The van der Waals surface area contributed by atoms with Crippen LogP contribution in [0.15, 0.2) is 120 Å². The molecule has 0 N–H and O–H groups in total. The first-order chi connectivity index (χ1) is 14.1. The number of halogens is 1. The third-order valence-electron chi connectivity index (χ3n) is 4.21. The zero-order valence-electron chi connectivity index (χ0n) is 15.7. The fourth-order valence-electron chi connectivity index (χ4n) is 2.70. The number of benzene rings is 4. The van der Waals surface area contributed by atoms with Gasteiger partial charge < -0.3 is 0 Å². The maximum Gasteiger partial charge on any atom is 0.193 e. The molecule has 0 unspecified atom stereocenters. The summed E-state index contributed by atoms with van der Waals surface area (Å²) in [4.78, 5) is 23.8. The van der Waals surface area contributed by atoms with E-state index in [0.29, 0.717) is 5.56 Å². The van der Waals surface area contributed by atoms with Gasteiger partial charge in [-0.2, -0.15) is 0 Å². The van der Waals surface area contributed by atoms with Crippen molar-refractivity contribution in [2.24, 2.45) is 0 Å². The Morgan fingerprint density at radius 3 is 1.00 bits per heavy atom. The molecule has 0 atom stereocenters. The van der Waals surface area contributed by atoms with Crippen molar-refractivity contribution in [1.29, 1.82) is 0 Å². The summed E-state index contributed by atoms with van der Waals surface area (Å²) in [6.45, 7) is 0. The molecule has 0 heterocycles. The maximum absolute atomic E-state index is 11.9. The van der Waals surface area contributed by atoms with Crippen LogP contribution < -0.4 is 0 Å². The molecular formula is C26H19BrO2. The van der Waals surface area contributed by atoms with E-state index >= 15 is 0 Å². The molecule has 4 aromatic carbocycles. The minimum atomic E-state index is 0.0584. The molecule has 0 spiro atoms. The Labute approximate surface area is 179 Å². The molecule has 3 heteroatoms. The minimum absolute atomic E-state index is 0.0584. The van der Waals surface area contributed by atoms with Crippen molar-refractivity contribution in [2.45, 2.75) is 0 Å². The Kier molecular flexibility index (Phi) is 7.26. The summed E-state index contributed by atoms with van der Waals surface area (Å²) in [5.74, 6) is 0.134. The molecule has 0 aliphatic carbocycles. The Morgan fingerprint density at radius 1 is 0.414 bits per heavy atom. The highest BCUT2D eigenvalue weighted by Crippen LogP contribution is 2.14. The van der Waals surface area contributed by atoms with Crippen molar-refractivity contribution in [1.82, 2.24) is 0 Å². The van der Waals surface area contributed by atoms with Crippen molar-refractivity contribution >= 4 is 27.5 Å². The van der Waals surface area contributed by atoms with Gasteiger partial charge >= 0.3 is 0 Å². The van der Waals surface area contributed by atoms with Crippen LogP contribution in [0, 0.1) is 0 Å². The van der Waals surface area contributed by atoms with Crippen LogP contribution in [0.3, 0.4) is 0 Å². The number of hydrogen-bond donors (Lipinski definition) is 0. The zero-order valence-corrected chi connectivity index (χ0v) is 17.3. The van der Waals surface area contributed by atoms with E-state index in [1.165, 1.54) is 0 Å². The Morgan fingerprint density at radius 2 is 0.690 bits per heavy atom. The molecule has 0 aliphatic rings. The Bertz CT molecular complexity index is 1020. The first kappa shape index (κ1) is 20.4. The smallest absolute Gasteiger partial charge is 0.193 e. The van der Waals surface area contributed by atoms with Gasteiger partial charge in [-0.3, -0.25) is 9.59 Å². The lowest BCUT2D eigenvalue weighted by Gasteiger charge is -2.00. The second-order valence-electron chi connectivity index (χ2n) is 6.26. The maximum atomic E-state index is 11.9. The molecule has 142 valence electrons. The van der Waals surface area contributed by atoms with Crippen LogP contribution in [0.25, 0.3) is 0 Å². The van der Waals surface area contributed by atoms with E-state index in [4.69, 9.17) is 0 Å². The Balaban J connectivity index is 0.000000166. The van der Waals surface area contributed by atoms with Gasteiger partial charge in [-0.05, 0) is 24.3 Å². The van der Waals surface area contributed by atoms with Crippen molar-refractivity contribution in [3.8, 4) is 0 Å². The number of ketones is 2. The quantitative estimate of drug-likeness (QED) is 0.333. The highest BCUT2D eigenvalue weighted by atomic mass is 79.9. The first-order valence-corrected chi connectivity index (χ1v) is 9.94. The number of carbonyl (C=O) groups is 2. The molecular weight excluding hydrogens is 424 g/mol. The van der Waals surface area contributed by atoms with Crippen LogP contribution >= 0.6 is 15.9 Å². The normalized spacial score (nSPS) is 9.83. The van der Waals surface area contributed by atoms with Gasteiger partial charge in [0.1, 0.15) is 0 Å². The highest BCUT2D eigenvalue weighted by molar-refractivity contribution is 9.10. The lowest BCUT2D eigenvalue weighted by molar-refractivity contribution is 0.103. The Hall–Kier alpha value is -3.30. The van der Waals surface area contributed by atoms with Crippen LogP contribution in [0.2, 0.25) is 0 Å². The molecule has 29 heavy (non-hydrogen) atoms. The lowest BCUT2D eigenvalue weighted by Crippen LogP contribution is -2.00. The zero-order chi connectivity index (χ0) is 20.5.